The molecule has 0 atom stereocenters. The molecule has 1 aliphatic carbocycles. The number of carbonyl (C=O) groups is 2. The van der Waals surface area contributed by atoms with E-state index in [2.05, 4.69) is 10.6 Å². The van der Waals surface area contributed by atoms with Crippen molar-refractivity contribution in [1.29, 1.82) is 0 Å². The summed E-state index contributed by atoms with van der Waals surface area (Å²) in [6.45, 7) is 0. The van der Waals surface area contributed by atoms with Gasteiger partial charge in [0.15, 0.2) is 5.11 Å². The summed E-state index contributed by atoms with van der Waals surface area (Å²) >= 11 is 5.13. The number of hydrogen-bond donors (Lipinski definition) is 3. The first-order chi connectivity index (χ1) is 10.1. The minimum absolute atomic E-state index is 0.0323. The van der Waals surface area contributed by atoms with Gasteiger partial charge in [0, 0.05) is 5.92 Å². The lowest BCUT2D eigenvalue weighted by molar-refractivity contribution is -0.124. The minimum atomic E-state index is -0.542. The van der Waals surface area contributed by atoms with E-state index in [1.54, 1.807) is 24.3 Å². The third-order valence-corrected chi connectivity index (χ3v) is 3.86. The first-order valence-electron chi connectivity index (χ1n) is 7.08. The summed E-state index contributed by atoms with van der Waals surface area (Å²) < 4.78 is 0. The fraction of sp³-hybridized carbons (Fsp3) is 0.400. The number of hydrogen-bond acceptors (Lipinski definition) is 3. The van der Waals surface area contributed by atoms with Crippen LogP contribution in [-0.2, 0) is 4.79 Å². The molecule has 21 heavy (non-hydrogen) atoms. The highest BCUT2D eigenvalue weighted by Crippen LogP contribution is 2.23. The molecule has 0 bridgehead atoms. The summed E-state index contributed by atoms with van der Waals surface area (Å²) in [5.41, 5.74) is 6.14. The van der Waals surface area contributed by atoms with Crippen molar-refractivity contribution >= 4 is 34.8 Å². The van der Waals surface area contributed by atoms with Crippen molar-refractivity contribution in [2.24, 2.45) is 11.7 Å². The highest BCUT2D eigenvalue weighted by Gasteiger charge is 2.21. The molecule has 1 aliphatic rings. The van der Waals surface area contributed by atoms with E-state index in [0.717, 1.165) is 25.7 Å². The Bertz CT molecular complexity index is 554. The monoisotopic (exact) mass is 305 g/mol. The van der Waals surface area contributed by atoms with Gasteiger partial charge < -0.3 is 16.4 Å². The van der Waals surface area contributed by atoms with E-state index >= 15 is 0 Å². The van der Waals surface area contributed by atoms with Gasteiger partial charge in [-0.2, -0.15) is 0 Å². The predicted molar refractivity (Wildman–Crippen MR) is 85.9 cm³/mol. The maximum absolute atomic E-state index is 12.1. The van der Waals surface area contributed by atoms with Crippen LogP contribution >= 0.6 is 12.2 Å². The minimum Gasteiger partial charge on any atom is -0.366 e. The Kier molecular flexibility index (Phi) is 5.27. The summed E-state index contributed by atoms with van der Waals surface area (Å²) in [6, 6.07) is 6.78. The molecule has 0 saturated heterocycles. The average Bonchev–Trinajstić information content (AvgIpc) is 2.48. The Labute approximate surface area is 129 Å². The van der Waals surface area contributed by atoms with Crippen molar-refractivity contribution in [1.82, 2.24) is 5.32 Å². The molecule has 1 saturated carbocycles. The molecule has 2 amide bonds. The van der Waals surface area contributed by atoms with E-state index < -0.39 is 5.91 Å². The zero-order valence-corrected chi connectivity index (χ0v) is 12.5. The number of para-hydroxylation sites is 1. The van der Waals surface area contributed by atoms with Crippen molar-refractivity contribution in [3.8, 4) is 0 Å². The summed E-state index contributed by atoms with van der Waals surface area (Å²) in [6.07, 6.45) is 5.18. The molecule has 4 N–H and O–H groups in total. The molecule has 2 rings (SSSR count). The number of amides is 2. The SMILES string of the molecule is NC(=O)c1ccccc1NC(=S)NC(=O)C1CCCCC1. The van der Waals surface area contributed by atoms with Crippen LogP contribution in [0.1, 0.15) is 42.5 Å². The number of rotatable bonds is 3. The van der Waals surface area contributed by atoms with Crippen LogP contribution in [0.4, 0.5) is 5.69 Å². The second kappa shape index (κ2) is 7.17. The number of nitrogens with one attached hydrogen (secondary N) is 2. The smallest absolute Gasteiger partial charge is 0.250 e. The molecule has 0 unspecified atom stereocenters. The summed E-state index contributed by atoms with van der Waals surface area (Å²) in [5, 5.41) is 5.75. The predicted octanol–water partition coefficient (Wildman–Crippen LogP) is 2.18. The van der Waals surface area contributed by atoms with Crippen LogP contribution in [0.3, 0.4) is 0 Å². The molecule has 5 nitrogen and oxygen atoms in total. The van der Waals surface area contributed by atoms with E-state index in [4.69, 9.17) is 18.0 Å². The molecule has 1 fully saturated rings. The van der Waals surface area contributed by atoms with E-state index in [0.29, 0.717) is 11.3 Å². The Hall–Kier alpha value is -1.95. The van der Waals surface area contributed by atoms with Crippen molar-refractivity contribution in [3.63, 3.8) is 0 Å². The molecule has 0 heterocycles. The second-order valence-electron chi connectivity index (χ2n) is 5.19. The largest absolute Gasteiger partial charge is 0.366 e. The van der Waals surface area contributed by atoms with E-state index in [-0.39, 0.29) is 16.9 Å². The van der Waals surface area contributed by atoms with Gasteiger partial charge in [0.1, 0.15) is 0 Å². The van der Waals surface area contributed by atoms with Crippen LogP contribution < -0.4 is 16.4 Å². The summed E-state index contributed by atoms with van der Waals surface area (Å²) in [7, 11) is 0. The van der Waals surface area contributed by atoms with Gasteiger partial charge in [-0.1, -0.05) is 31.4 Å². The third kappa shape index (κ3) is 4.26. The van der Waals surface area contributed by atoms with Crippen LogP contribution in [0.25, 0.3) is 0 Å². The summed E-state index contributed by atoms with van der Waals surface area (Å²) in [5.74, 6) is -0.562. The second-order valence-corrected chi connectivity index (χ2v) is 5.60. The molecule has 0 radical (unpaired) electrons. The highest BCUT2D eigenvalue weighted by molar-refractivity contribution is 7.80. The number of carbonyl (C=O) groups excluding carboxylic acids is 2. The first-order valence-corrected chi connectivity index (χ1v) is 7.49. The number of nitrogens with two attached hydrogens (primary N) is 1. The zero-order valence-electron chi connectivity index (χ0n) is 11.7. The van der Waals surface area contributed by atoms with E-state index in [1.807, 2.05) is 0 Å². The van der Waals surface area contributed by atoms with Crippen LogP contribution in [0.5, 0.6) is 0 Å². The normalized spacial score (nSPS) is 15.2. The van der Waals surface area contributed by atoms with Crippen molar-refractivity contribution in [2.75, 3.05) is 5.32 Å². The average molecular weight is 305 g/mol. The fourth-order valence-corrected chi connectivity index (χ4v) is 2.75. The van der Waals surface area contributed by atoms with Crippen LogP contribution in [0, 0.1) is 5.92 Å². The quantitative estimate of drug-likeness (QED) is 0.747. The maximum atomic E-state index is 12.1. The topological polar surface area (TPSA) is 84.2 Å². The zero-order chi connectivity index (χ0) is 15.2. The molecule has 6 heteroatoms. The first kappa shape index (κ1) is 15.4. The molecular formula is C15H19N3O2S. The van der Waals surface area contributed by atoms with Crippen LogP contribution in [0.15, 0.2) is 24.3 Å². The van der Waals surface area contributed by atoms with Crippen LogP contribution in [0.2, 0.25) is 0 Å². The van der Waals surface area contributed by atoms with Crippen LogP contribution in [-0.4, -0.2) is 16.9 Å². The summed E-state index contributed by atoms with van der Waals surface area (Å²) in [4.78, 5) is 23.4. The maximum Gasteiger partial charge on any atom is 0.250 e. The van der Waals surface area contributed by atoms with Gasteiger partial charge in [0.25, 0.3) is 5.91 Å². The van der Waals surface area contributed by atoms with Crippen molar-refractivity contribution < 1.29 is 9.59 Å². The molecular weight excluding hydrogens is 286 g/mol. The fourth-order valence-electron chi connectivity index (χ4n) is 2.54. The molecule has 1 aromatic rings. The Morgan fingerprint density at radius 2 is 1.81 bits per heavy atom. The van der Waals surface area contributed by atoms with Gasteiger partial charge in [0.2, 0.25) is 5.91 Å². The van der Waals surface area contributed by atoms with Gasteiger partial charge in [0.05, 0.1) is 11.3 Å². The van der Waals surface area contributed by atoms with E-state index in [1.165, 1.54) is 6.42 Å². The van der Waals surface area contributed by atoms with Gasteiger partial charge in [-0.15, -0.1) is 0 Å². The van der Waals surface area contributed by atoms with Gasteiger partial charge in [-0.25, -0.2) is 0 Å². The Morgan fingerprint density at radius 1 is 1.14 bits per heavy atom. The molecule has 0 aliphatic heterocycles. The Morgan fingerprint density at radius 3 is 2.48 bits per heavy atom. The molecule has 112 valence electrons. The lowest BCUT2D eigenvalue weighted by atomic mass is 9.89. The lowest BCUT2D eigenvalue weighted by Crippen LogP contribution is -2.39. The number of primary amides is 1. The number of thiocarbonyl (C=S) groups is 1. The highest BCUT2D eigenvalue weighted by atomic mass is 32.1. The standard InChI is InChI=1S/C15H19N3O2S/c16-13(19)11-8-4-5-9-12(11)17-15(21)18-14(20)10-6-2-1-3-7-10/h4-5,8-10H,1-3,6-7H2,(H2,16,19)(H2,17,18,20,21). The van der Waals surface area contributed by atoms with Gasteiger partial charge >= 0.3 is 0 Å². The molecule has 0 spiro atoms. The number of anilines is 1. The third-order valence-electron chi connectivity index (χ3n) is 3.65. The lowest BCUT2D eigenvalue weighted by Gasteiger charge is -2.21. The van der Waals surface area contributed by atoms with Gasteiger partial charge in [-0.05, 0) is 37.2 Å². The van der Waals surface area contributed by atoms with Gasteiger partial charge in [-0.3, -0.25) is 9.59 Å². The molecule has 1 aromatic carbocycles. The van der Waals surface area contributed by atoms with Crippen molar-refractivity contribution in [3.05, 3.63) is 29.8 Å². The van der Waals surface area contributed by atoms with E-state index in [9.17, 15) is 9.59 Å². The number of benzene rings is 1. The molecule has 0 aromatic heterocycles. The van der Waals surface area contributed by atoms with Crippen molar-refractivity contribution in [2.45, 2.75) is 32.1 Å². The Balaban J connectivity index is 1.95.